The number of aromatic amines is 1. The molecule has 182 valence electrons. The summed E-state index contributed by atoms with van der Waals surface area (Å²) >= 11 is 0. The molecule has 3 heterocycles. The van der Waals surface area contributed by atoms with Crippen molar-refractivity contribution in [2.45, 2.75) is 26.7 Å². The molecule has 4 aromatic rings. The maximum atomic E-state index is 5.99. The predicted octanol–water partition coefficient (Wildman–Crippen LogP) is 5.10. The molecule has 0 radical (unpaired) electrons. The molecule has 0 atom stereocenters. The molecule has 5 rings (SSSR count). The van der Waals surface area contributed by atoms with Crippen molar-refractivity contribution in [3.05, 3.63) is 53.9 Å². The number of aryl methyl sites for hydroxylation is 2. The first-order valence-corrected chi connectivity index (χ1v) is 12.1. The van der Waals surface area contributed by atoms with Crippen LogP contribution >= 0.6 is 0 Å². The van der Waals surface area contributed by atoms with Gasteiger partial charge in [-0.2, -0.15) is 0 Å². The van der Waals surface area contributed by atoms with Crippen molar-refractivity contribution in [3.8, 4) is 34.0 Å². The van der Waals surface area contributed by atoms with E-state index < -0.39 is 0 Å². The lowest BCUT2D eigenvalue weighted by Gasteiger charge is -2.35. The lowest BCUT2D eigenvalue weighted by molar-refractivity contribution is 0.394. The number of hydrogen-bond donors (Lipinski definition) is 2. The molecule has 2 aromatic carbocycles. The molecule has 1 fully saturated rings. The van der Waals surface area contributed by atoms with Gasteiger partial charge in [-0.15, -0.1) is 0 Å². The number of H-pyrrole nitrogens is 1. The fourth-order valence-corrected chi connectivity index (χ4v) is 5.13. The van der Waals surface area contributed by atoms with Gasteiger partial charge in [0.1, 0.15) is 17.3 Å². The number of rotatable bonds is 6. The Labute approximate surface area is 206 Å². The number of benzene rings is 2. The Kier molecular flexibility index (Phi) is 6.34. The summed E-state index contributed by atoms with van der Waals surface area (Å²) in [4.78, 5) is 15.7. The summed E-state index contributed by atoms with van der Waals surface area (Å²) in [6.07, 6.45) is 5.99. The first-order chi connectivity index (χ1) is 17.0. The highest BCUT2D eigenvalue weighted by molar-refractivity contribution is 5.92. The minimum Gasteiger partial charge on any atom is -0.497 e. The van der Waals surface area contributed by atoms with E-state index >= 15 is 0 Å². The van der Waals surface area contributed by atoms with Crippen molar-refractivity contribution in [2.75, 3.05) is 38.8 Å². The lowest BCUT2D eigenvalue weighted by Crippen LogP contribution is -2.36. The second kappa shape index (κ2) is 9.58. The van der Waals surface area contributed by atoms with Gasteiger partial charge < -0.3 is 25.1 Å². The molecule has 7 heteroatoms. The largest absolute Gasteiger partial charge is 0.497 e. The second-order valence-electron chi connectivity index (χ2n) is 9.41. The van der Waals surface area contributed by atoms with Crippen LogP contribution in [0.25, 0.3) is 33.5 Å². The van der Waals surface area contributed by atoms with Gasteiger partial charge in [0.05, 0.1) is 36.5 Å². The van der Waals surface area contributed by atoms with Gasteiger partial charge in [-0.1, -0.05) is 6.07 Å². The molecular weight excluding hydrogens is 438 g/mol. The topological polar surface area (TPSA) is 89.3 Å². The molecule has 35 heavy (non-hydrogen) atoms. The maximum absolute atomic E-state index is 5.99. The van der Waals surface area contributed by atoms with Crippen molar-refractivity contribution in [2.24, 2.45) is 11.7 Å². The first-order valence-electron chi connectivity index (χ1n) is 12.1. The lowest BCUT2D eigenvalue weighted by atomic mass is 9.94. The van der Waals surface area contributed by atoms with Crippen LogP contribution in [0.1, 0.15) is 24.0 Å². The third-order valence-electron chi connectivity index (χ3n) is 7.02. The normalized spacial score (nSPS) is 14.5. The van der Waals surface area contributed by atoms with E-state index in [0.717, 1.165) is 88.8 Å². The molecule has 1 aliphatic rings. The Balaban J connectivity index is 1.71. The van der Waals surface area contributed by atoms with Crippen molar-refractivity contribution in [1.29, 1.82) is 0 Å². The van der Waals surface area contributed by atoms with Gasteiger partial charge in [0.2, 0.25) is 0 Å². The van der Waals surface area contributed by atoms with Crippen molar-refractivity contribution < 1.29 is 9.47 Å². The molecule has 1 saturated heterocycles. The van der Waals surface area contributed by atoms with Crippen molar-refractivity contribution >= 4 is 16.7 Å². The average molecular weight is 472 g/mol. The summed E-state index contributed by atoms with van der Waals surface area (Å²) in [5.74, 6) is 2.88. The number of nitrogens with zero attached hydrogens (tertiary/aromatic N) is 3. The Bertz CT molecular complexity index is 1330. The summed E-state index contributed by atoms with van der Waals surface area (Å²) in [7, 11) is 3.34. The van der Waals surface area contributed by atoms with E-state index in [2.05, 4.69) is 40.8 Å². The number of hydrogen-bond acceptors (Lipinski definition) is 6. The summed E-state index contributed by atoms with van der Waals surface area (Å²) in [5.41, 5.74) is 14.5. The minimum atomic E-state index is 0.564. The number of fused-ring (bicyclic) bond motifs is 1. The molecule has 0 aliphatic carbocycles. The highest BCUT2D eigenvalue weighted by atomic mass is 16.5. The summed E-state index contributed by atoms with van der Waals surface area (Å²) in [5, 5.41) is 0. The molecule has 0 saturated carbocycles. The fourth-order valence-electron chi connectivity index (χ4n) is 5.13. The van der Waals surface area contributed by atoms with Crippen LogP contribution in [0, 0.1) is 19.8 Å². The Morgan fingerprint density at radius 3 is 2.31 bits per heavy atom. The quantitative estimate of drug-likeness (QED) is 0.407. The van der Waals surface area contributed by atoms with Gasteiger partial charge in [0.25, 0.3) is 0 Å². The third kappa shape index (κ3) is 4.44. The summed E-state index contributed by atoms with van der Waals surface area (Å²) in [6.45, 7) is 6.82. The van der Waals surface area contributed by atoms with Gasteiger partial charge in [0, 0.05) is 37.1 Å². The number of piperidine rings is 1. The molecule has 0 unspecified atom stereocenters. The Hall–Kier alpha value is -3.58. The number of nitrogens with two attached hydrogens (primary N) is 1. The third-order valence-corrected chi connectivity index (χ3v) is 7.02. The average Bonchev–Trinajstić information content (AvgIpc) is 3.32. The van der Waals surface area contributed by atoms with Gasteiger partial charge in [-0.25, -0.2) is 4.98 Å². The zero-order chi connectivity index (χ0) is 24.5. The van der Waals surface area contributed by atoms with E-state index in [9.17, 15) is 0 Å². The van der Waals surface area contributed by atoms with Crippen LogP contribution < -0.4 is 20.1 Å². The van der Waals surface area contributed by atoms with Crippen LogP contribution in [0.5, 0.6) is 11.5 Å². The first kappa shape index (κ1) is 23.2. The summed E-state index contributed by atoms with van der Waals surface area (Å²) in [6, 6.07) is 10.3. The summed E-state index contributed by atoms with van der Waals surface area (Å²) < 4.78 is 11.1. The van der Waals surface area contributed by atoms with E-state index in [1.807, 2.05) is 30.6 Å². The van der Waals surface area contributed by atoms with Crippen LogP contribution in [0.4, 0.5) is 5.69 Å². The van der Waals surface area contributed by atoms with E-state index in [1.165, 1.54) is 5.56 Å². The number of methoxy groups -OCH3 is 2. The maximum Gasteiger partial charge on any atom is 0.142 e. The molecule has 0 spiro atoms. The van der Waals surface area contributed by atoms with E-state index in [-0.39, 0.29) is 0 Å². The number of nitrogens with one attached hydrogen (secondary N) is 1. The van der Waals surface area contributed by atoms with Crippen molar-refractivity contribution in [3.63, 3.8) is 0 Å². The highest BCUT2D eigenvalue weighted by Gasteiger charge is 2.25. The zero-order valence-electron chi connectivity index (χ0n) is 20.9. The van der Waals surface area contributed by atoms with Crippen LogP contribution in [-0.4, -0.2) is 48.8 Å². The van der Waals surface area contributed by atoms with Gasteiger partial charge in [-0.05, 0) is 74.0 Å². The van der Waals surface area contributed by atoms with Gasteiger partial charge in [0.15, 0.2) is 0 Å². The molecule has 3 N–H and O–H groups in total. The number of pyridine rings is 1. The van der Waals surface area contributed by atoms with Crippen LogP contribution in [-0.2, 0) is 0 Å². The van der Waals surface area contributed by atoms with Gasteiger partial charge in [-0.3, -0.25) is 4.98 Å². The number of aromatic nitrogens is 3. The van der Waals surface area contributed by atoms with E-state index in [0.29, 0.717) is 5.92 Å². The molecule has 2 aromatic heterocycles. The molecule has 7 nitrogen and oxygen atoms in total. The van der Waals surface area contributed by atoms with Crippen LogP contribution in [0.3, 0.4) is 0 Å². The molecule has 0 amide bonds. The predicted molar refractivity (Wildman–Crippen MR) is 141 cm³/mol. The number of imidazole rings is 1. The number of ether oxygens (including phenoxy) is 2. The molecule has 0 bridgehead atoms. The van der Waals surface area contributed by atoms with Crippen LogP contribution in [0.2, 0.25) is 0 Å². The smallest absolute Gasteiger partial charge is 0.142 e. The molecular formula is C28H33N5O2. The number of anilines is 1. The van der Waals surface area contributed by atoms with Crippen LogP contribution in [0.15, 0.2) is 42.7 Å². The standard InChI is InChI=1S/C28H33N5O2/c1-17-9-18(2)26-25(10-17)31-28(32-26)24-16-30-15-23(20-11-21(34-3)13-22(12-20)35-4)27(24)33-7-5-19(14-29)6-8-33/h9-13,15-16,19H,5-8,14,29H2,1-4H3,(H,31,32). The zero-order valence-corrected chi connectivity index (χ0v) is 20.9. The minimum absolute atomic E-state index is 0.564. The SMILES string of the molecule is COc1cc(OC)cc(-c2cncc(-c3nc4c(C)cc(C)cc4[nH]3)c2N2CCC(CN)CC2)c1. The Morgan fingerprint density at radius 1 is 0.971 bits per heavy atom. The highest BCUT2D eigenvalue weighted by Crippen LogP contribution is 2.42. The Morgan fingerprint density at radius 2 is 1.66 bits per heavy atom. The van der Waals surface area contributed by atoms with E-state index in [1.54, 1.807) is 14.2 Å². The fraction of sp³-hybridized carbons (Fsp3) is 0.357. The molecule has 1 aliphatic heterocycles. The van der Waals surface area contributed by atoms with Crippen molar-refractivity contribution in [1.82, 2.24) is 15.0 Å². The van der Waals surface area contributed by atoms with E-state index in [4.69, 9.17) is 20.2 Å². The monoisotopic (exact) mass is 471 g/mol. The van der Waals surface area contributed by atoms with Gasteiger partial charge >= 0.3 is 0 Å². The second-order valence-corrected chi connectivity index (χ2v) is 9.41.